The minimum absolute atomic E-state index is 0.262. The van der Waals surface area contributed by atoms with Crippen molar-refractivity contribution >= 4 is 17.5 Å². The van der Waals surface area contributed by atoms with Crippen LogP contribution in [0, 0.1) is 0 Å². The Morgan fingerprint density at radius 3 is 2.83 bits per heavy atom. The molecule has 0 aliphatic rings. The van der Waals surface area contributed by atoms with Crippen molar-refractivity contribution in [3.05, 3.63) is 58.5 Å². The lowest BCUT2D eigenvalue weighted by Gasteiger charge is -2.03. The molecule has 0 aliphatic carbocycles. The molecule has 0 fully saturated rings. The van der Waals surface area contributed by atoms with Gasteiger partial charge in [-0.15, -0.1) is 0 Å². The van der Waals surface area contributed by atoms with Gasteiger partial charge in [0.2, 0.25) is 0 Å². The van der Waals surface area contributed by atoms with Crippen LogP contribution in [0.3, 0.4) is 0 Å². The number of hydrogen-bond donors (Lipinski definition) is 2. The van der Waals surface area contributed by atoms with Crippen molar-refractivity contribution in [2.75, 3.05) is 0 Å². The fourth-order valence-electron chi connectivity index (χ4n) is 1.53. The zero-order valence-corrected chi connectivity index (χ0v) is 10.4. The van der Waals surface area contributed by atoms with Crippen molar-refractivity contribution in [2.24, 2.45) is 5.73 Å². The van der Waals surface area contributed by atoms with Gasteiger partial charge in [-0.2, -0.15) is 0 Å². The lowest BCUT2D eigenvalue weighted by Crippen LogP contribution is -2.22. The minimum Gasteiger partial charge on any atom is -0.455 e. The molecule has 18 heavy (non-hydrogen) atoms. The molecule has 1 heterocycles. The highest BCUT2D eigenvalue weighted by Crippen LogP contribution is 2.11. The van der Waals surface area contributed by atoms with Crippen LogP contribution in [0.5, 0.6) is 0 Å². The molecular formula is C13H13ClN2O2. The van der Waals surface area contributed by atoms with Gasteiger partial charge in [0, 0.05) is 11.6 Å². The van der Waals surface area contributed by atoms with Gasteiger partial charge in [-0.25, -0.2) is 0 Å². The maximum atomic E-state index is 11.8. The van der Waals surface area contributed by atoms with Crippen LogP contribution < -0.4 is 11.1 Å². The Hall–Kier alpha value is -1.78. The summed E-state index contributed by atoms with van der Waals surface area (Å²) in [4.78, 5) is 11.8. The maximum absolute atomic E-state index is 11.8. The summed E-state index contributed by atoms with van der Waals surface area (Å²) in [6.45, 7) is 0.680. The average molecular weight is 265 g/mol. The summed E-state index contributed by atoms with van der Waals surface area (Å²) in [6, 6.07) is 10.6. The van der Waals surface area contributed by atoms with E-state index in [9.17, 15) is 4.79 Å². The fraction of sp³-hybridized carbons (Fsp3) is 0.154. The average Bonchev–Trinajstić information content (AvgIpc) is 2.85. The number of hydrogen-bond acceptors (Lipinski definition) is 3. The highest BCUT2D eigenvalue weighted by atomic mass is 35.5. The molecule has 0 spiro atoms. The molecule has 2 aromatic rings. The van der Waals surface area contributed by atoms with E-state index in [0.29, 0.717) is 17.3 Å². The van der Waals surface area contributed by atoms with Crippen LogP contribution in [-0.2, 0) is 13.1 Å². The summed E-state index contributed by atoms with van der Waals surface area (Å²) >= 11 is 5.85. The summed E-state index contributed by atoms with van der Waals surface area (Å²) in [6.07, 6.45) is 0. The first kappa shape index (κ1) is 12.7. The molecule has 1 amide bonds. The van der Waals surface area contributed by atoms with Gasteiger partial charge < -0.3 is 15.5 Å². The number of rotatable bonds is 4. The summed E-state index contributed by atoms with van der Waals surface area (Å²) in [5.74, 6) is 0.579. The van der Waals surface area contributed by atoms with Crippen molar-refractivity contribution in [3.63, 3.8) is 0 Å². The van der Waals surface area contributed by atoms with Crippen LogP contribution in [0.15, 0.2) is 40.8 Å². The smallest absolute Gasteiger partial charge is 0.287 e. The largest absolute Gasteiger partial charge is 0.455 e. The van der Waals surface area contributed by atoms with Gasteiger partial charge in [0.15, 0.2) is 5.76 Å². The second-order valence-corrected chi connectivity index (χ2v) is 4.22. The van der Waals surface area contributed by atoms with Crippen molar-refractivity contribution in [2.45, 2.75) is 13.1 Å². The van der Waals surface area contributed by atoms with E-state index in [4.69, 9.17) is 21.8 Å². The predicted octanol–water partition coefficient (Wildman–Crippen LogP) is 2.32. The van der Waals surface area contributed by atoms with E-state index in [0.717, 1.165) is 5.56 Å². The first-order chi connectivity index (χ1) is 8.69. The fourth-order valence-corrected chi connectivity index (χ4v) is 1.74. The van der Waals surface area contributed by atoms with Crippen LogP contribution in [0.1, 0.15) is 21.9 Å². The number of carbonyl (C=O) groups is 1. The molecule has 5 heteroatoms. The Bertz CT molecular complexity index is 551. The number of furan rings is 1. The van der Waals surface area contributed by atoms with Gasteiger partial charge in [-0.1, -0.05) is 23.7 Å². The van der Waals surface area contributed by atoms with Gasteiger partial charge in [-0.05, 0) is 29.8 Å². The SMILES string of the molecule is NCc1ccc(C(=O)NCc2cccc(Cl)c2)o1. The first-order valence-corrected chi connectivity index (χ1v) is 5.88. The maximum Gasteiger partial charge on any atom is 0.287 e. The molecule has 0 bridgehead atoms. The molecule has 0 aliphatic heterocycles. The third kappa shape index (κ3) is 3.12. The van der Waals surface area contributed by atoms with Crippen molar-refractivity contribution in [1.82, 2.24) is 5.32 Å². The zero-order valence-electron chi connectivity index (χ0n) is 9.65. The van der Waals surface area contributed by atoms with Gasteiger partial charge >= 0.3 is 0 Å². The highest BCUT2D eigenvalue weighted by molar-refractivity contribution is 6.30. The Balaban J connectivity index is 1.96. The number of benzene rings is 1. The van der Waals surface area contributed by atoms with E-state index in [1.54, 1.807) is 24.3 Å². The molecule has 0 unspecified atom stereocenters. The molecule has 2 rings (SSSR count). The monoisotopic (exact) mass is 264 g/mol. The van der Waals surface area contributed by atoms with Gasteiger partial charge in [0.05, 0.1) is 6.54 Å². The quantitative estimate of drug-likeness (QED) is 0.890. The van der Waals surface area contributed by atoms with E-state index >= 15 is 0 Å². The van der Waals surface area contributed by atoms with E-state index in [-0.39, 0.29) is 18.2 Å². The minimum atomic E-state index is -0.269. The lowest BCUT2D eigenvalue weighted by molar-refractivity contribution is 0.0921. The Kier molecular flexibility index (Phi) is 4.02. The molecular weight excluding hydrogens is 252 g/mol. The van der Waals surface area contributed by atoms with Crippen molar-refractivity contribution < 1.29 is 9.21 Å². The van der Waals surface area contributed by atoms with E-state index in [2.05, 4.69) is 5.32 Å². The molecule has 1 aromatic carbocycles. The summed E-state index contributed by atoms with van der Waals surface area (Å²) in [7, 11) is 0. The molecule has 4 nitrogen and oxygen atoms in total. The van der Waals surface area contributed by atoms with Crippen LogP contribution in [0.4, 0.5) is 0 Å². The summed E-state index contributed by atoms with van der Waals surface area (Å²) in [5, 5.41) is 3.39. The van der Waals surface area contributed by atoms with Crippen LogP contribution in [0.2, 0.25) is 5.02 Å². The number of amides is 1. The van der Waals surface area contributed by atoms with Crippen LogP contribution in [0.25, 0.3) is 0 Å². The molecule has 1 aromatic heterocycles. The highest BCUT2D eigenvalue weighted by Gasteiger charge is 2.10. The third-order valence-corrected chi connectivity index (χ3v) is 2.66. The van der Waals surface area contributed by atoms with Gasteiger partial charge in [-0.3, -0.25) is 4.79 Å². The van der Waals surface area contributed by atoms with Gasteiger partial charge in [0.1, 0.15) is 5.76 Å². The summed E-state index contributed by atoms with van der Waals surface area (Å²) in [5.41, 5.74) is 6.34. The first-order valence-electron chi connectivity index (χ1n) is 5.50. The molecule has 0 atom stereocenters. The molecule has 3 N–H and O–H groups in total. The van der Waals surface area contributed by atoms with Gasteiger partial charge in [0.25, 0.3) is 5.91 Å². The van der Waals surface area contributed by atoms with Crippen LogP contribution in [-0.4, -0.2) is 5.91 Å². The number of nitrogens with one attached hydrogen (secondary N) is 1. The Morgan fingerprint density at radius 2 is 2.17 bits per heavy atom. The van der Waals surface area contributed by atoms with Crippen molar-refractivity contribution in [3.8, 4) is 0 Å². The van der Waals surface area contributed by atoms with Crippen molar-refractivity contribution in [1.29, 1.82) is 0 Å². The normalized spacial score (nSPS) is 10.3. The van der Waals surface area contributed by atoms with E-state index in [1.165, 1.54) is 0 Å². The molecule has 94 valence electrons. The Morgan fingerprint density at radius 1 is 1.33 bits per heavy atom. The second kappa shape index (κ2) is 5.71. The second-order valence-electron chi connectivity index (χ2n) is 3.78. The number of carbonyl (C=O) groups excluding carboxylic acids is 1. The zero-order chi connectivity index (χ0) is 13.0. The Labute approximate surface area is 110 Å². The van der Waals surface area contributed by atoms with E-state index in [1.807, 2.05) is 12.1 Å². The standard InChI is InChI=1S/C13H13ClN2O2/c14-10-3-1-2-9(6-10)8-16-13(17)12-5-4-11(7-15)18-12/h1-6H,7-8,15H2,(H,16,17). The molecule has 0 saturated carbocycles. The predicted molar refractivity (Wildman–Crippen MR) is 69.2 cm³/mol. The lowest BCUT2D eigenvalue weighted by atomic mass is 10.2. The van der Waals surface area contributed by atoms with Crippen LogP contribution >= 0.6 is 11.6 Å². The number of nitrogens with two attached hydrogens (primary N) is 1. The van der Waals surface area contributed by atoms with E-state index < -0.39 is 0 Å². The topological polar surface area (TPSA) is 68.3 Å². The third-order valence-electron chi connectivity index (χ3n) is 2.43. The molecule has 0 saturated heterocycles. The number of halogens is 1. The molecule has 0 radical (unpaired) electrons. The summed E-state index contributed by atoms with van der Waals surface area (Å²) < 4.78 is 5.24.